The van der Waals surface area contributed by atoms with Crippen LogP contribution in [0.2, 0.25) is 0 Å². The lowest BCUT2D eigenvalue weighted by Crippen LogP contribution is -2.26. The van der Waals surface area contributed by atoms with E-state index in [9.17, 15) is 18.0 Å². The second kappa shape index (κ2) is 8.13. The zero-order valence-corrected chi connectivity index (χ0v) is 14.7. The number of aromatic nitrogens is 1. The van der Waals surface area contributed by atoms with E-state index in [2.05, 4.69) is 15.5 Å². The van der Waals surface area contributed by atoms with Gasteiger partial charge in [-0.2, -0.15) is 18.3 Å². The number of hydrogen-bond donors (Lipinski definition) is 1. The van der Waals surface area contributed by atoms with Gasteiger partial charge in [0.2, 0.25) is 10.9 Å². The van der Waals surface area contributed by atoms with Gasteiger partial charge >= 0.3 is 6.18 Å². The maximum atomic E-state index is 12.6. The van der Waals surface area contributed by atoms with Crippen LogP contribution in [0.15, 0.2) is 71.1 Å². The molecule has 0 aliphatic rings. The highest BCUT2D eigenvalue weighted by Gasteiger charge is 2.38. The number of ketones is 1. The van der Waals surface area contributed by atoms with Crippen LogP contribution in [0, 0.1) is 0 Å². The minimum atomic E-state index is -4.91. The molecule has 0 fully saturated rings. The smallest absolute Gasteiger partial charge is 0.289 e. The fourth-order valence-electron chi connectivity index (χ4n) is 2.27. The molecule has 0 saturated heterocycles. The Bertz CT molecular complexity index is 938. The van der Waals surface area contributed by atoms with Crippen molar-refractivity contribution in [1.82, 2.24) is 4.98 Å². The van der Waals surface area contributed by atoms with Crippen LogP contribution < -0.4 is 5.43 Å². The van der Waals surface area contributed by atoms with Gasteiger partial charge in [0.1, 0.15) is 0 Å². The number of Topliss-reactive ketones (excluding diaryl/α,β-unsaturated/α-hetero) is 1. The average Bonchev–Trinajstić information content (AvgIpc) is 3.14. The van der Waals surface area contributed by atoms with Gasteiger partial charge < -0.3 is 0 Å². The number of thiazole rings is 1. The molecule has 0 unspecified atom stereocenters. The van der Waals surface area contributed by atoms with Gasteiger partial charge in [0, 0.05) is 10.9 Å². The number of hydrazone groups is 1. The molecule has 138 valence electrons. The van der Waals surface area contributed by atoms with E-state index in [4.69, 9.17) is 0 Å². The van der Waals surface area contributed by atoms with E-state index < -0.39 is 18.4 Å². The van der Waals surface area contributed by atoms with Crippen molar-refractivity contribution in [2.75, 3.05) is 5.43 Å². The SMILES string of the molecule is O=C(C/C(=N/Nc1nc(-c2ccccc2)cs1)c1ccccc1)C(F)(F)F. The molecule has 4 nitrogen and oxygen atoms in total. The third-order valence-electron chi connectivity index (χ3n) is 3.61. The van der Waals surface area contributed by atoms with Gasteiger partial charge in [0.25, 0.3) is 0 Å². The lowest BCUT2D eigenvalue weighted by Gasteiger charge is -2.08. The molecule has 0 bridgehead atoms. The number of halogens is 3. The molecule has 0 aliphatic heterocycles. The first-order valence-corrected chi connectivity index (χ1v) is 8.80. The number of anilines is 1. The number of carbonyl (C=O) groups excluding carboxylic acids is 1. The molecule has 0 aliphatic carbocycles. The summed E-state index contributed by atoms with van der Waals surface area (Å²) in [4.78, 5) is 15.8. The summed E-state index contributed by atoms with van der Waals surface area (Å²) >= 11 is 1.27. The van der Waals surface area contributed by atoms with Gasteiger partial charge in [-0.25, -0.2) is 4.98 Å². The summed E-state index contributed by atoms with van der Waals surface area (Å²) in [5.41, 5.74) is 4.74. The highest BCUT2D eigenvalue weighted by atomic mass is 32.1. The molecule has 2 aromatic carbocycles. The largest absolute Gasteiger partial charge is 0.450 e. The first kappa shape index (κ1) is 18.8. The predicted octanol–water partition coefficient (Wildman–Crippen LogP) is 5.15. The van der Waals surface area contributed by atoms with E-state index in [0.29, 0.717) is 10.7 Å². The highest BCUT2D eigenvalue weighted by molar-refractivity contribution is 7.14. The number of carbonyl (C=O) groups is 1. The molecular formula is C19H14F3N3OS. The Kier molecular flexibility index (Phi) is 5.66. The highest BCUT2D eigenvalue weighted by Crippen LogP contribution is 2.25. The van der Waals surface area contributed by atoms with E-state index in [1.54, 1.807) is 30.3 Å². The van der Waals surface area contributed by atoms with E-state index in [1.165, 1.54) is 11.3 Å². The summed E-state index contributed by atoms with van der Waals surface area (Å²) in [5.74, 6) is -1.85. The van der Waals surface area contributed by atoms with Gasteiger partial charge in [-0.1, -0.05) is 60.7 Å². The third kappa shape index (κ3) is 5.01. The predicted molar refractivity (Wildman–Crippen MR) is 99.8 cm³/mol. The van der Waals surface area contributed by atoms with E-state index in [-0.39, 0.29) is 5.71 Å². The molecule has 3 aromatic rings. The average molecular weight is 389 g/mol. The van der Waals surface area contributed by atoms with E-state index >= 15 is 0 Å². The fraction of sp³-hybridized carbons (Fsp3) is 0.105. The van der Waals surface area contributed by atoms with E-state index in [1.807, 2.05) is 35.7 Å². The Balaban J connectivity index is 1.82. The summed E-state index contributed by atoms with van der Waals surface area (Å²) in [6, 6.07) is 17.7. The zero-order valence-electron chi connectivity index (χ0n) is 13.9. The minimum Gasteiger partial charge on any atom is -0.289 e. The van der Waals surface area contributed by atoms with Crippen LogP contribution in [0.25, 0.3) is 11.3 Å². The van der Waals surface area contributed by atoms with Crippen molar-refractivity contribution >= 4 is 28.0 Å². The molecule has 0 radical (unpaired) electrons. The molecule has 0 amide bonds. The fourth-order valence-corrected chi connectivity index (χ4v) is 2.93. The number of hydrogen-bond acceptors (Lipinski definition) is 5. The summed E-state index contributed by atoms with van der Waals surface area (Å²) < 4.78 is 37.9. The second-order valence-electron chi connectivity index (χ2n) is 5.54. The van der Waals surface area contributed by atoms with Crippen molar-refractivity contribution in [3.05, 3.63) is 71.6 Å². The van der Waals surface area contributed by atoms with Crippen LogP contribution in [0.3, 0.4) is 0 Å². The van der Waals surface area contributed by atoms with Gasteiger partial charge in [0.15, 0.2) is 0 Å². The summed E-state index contributed by atoms with van der Waals surface area (Å²) in [5, 5.41) is 6.25. The number of rotatable bonds is 6. The van der Waals surface area contributed by atoms with Gasteiger partial charge in [-0.3, -0.25) is 10.2 Å². The maximum absolute atomic E-state index is 12.6. The van der Waals surface area contributed by atoms with Crippen molar-refractivity contribution in [3.8, 4) is 11.3 Å². The first-order valence-electron chi connectivity index (χ1n) is 7.92. The summed E-state index contributed by atoms with van der Waals surface area (Å²) in [6.07, 6.45) is -5.76. The number of nitrogens with zero attached hydrogens (tertiary/aromatic N) is 2. The molecule has 1 aromatic heterocycles. The summed E-state index contributed by atoms with van der Waals surface area (Å²) in [7, 11) is 0. The van der Waals surface area contributed by atoms with Crippen molar-refractivity contribution in [1.29, 1.82) is 0 Å². The Morgan fingerprint density at radius 1 is 1.04 bits per heavy atom. The second-order valence-corrected chi connectivity index (χ2v) is 6.40. The molecule has 8 heteroatoms. The molecule has 1 N–H and O–H groups in total. The Morgan fingerprint density at radius 3 is 2.30 bits per heavy atom. The van der Waals surface area contributed by atoms with Crippen LogP contribution >= 0.6 is 11.3 Å². The monoisotopic (exact) mass is 389 g/mol. The van der Waals surface area contributed by atoms with Gasteiger partial charge in [-0.15, -0.1) is 11.3 Å². The molecule has 3 rings (SSSR count). The topological polar surface area (TPSA) is 54.4 Å². The van der Waals surface area contributed by atoms with Gasteiger partial charge in [-0.05, 0) is 5.56 Å². The molecule has 27 heavy (non-hydrogen) atoms. The number of nitrogens with one attached hydrogen (secondary N) is 1. The van der Waals surface area contributed by atoms with Crippen LogP contribution in [0.4, 0.5) is 18.3 Å². The molecule has 1 heterocycles. The van der Waals surface area contributed by atoms with Crippen molar-refractivity contribution in [2.24, 2.45) is 5.10 Å². The Hall–Kier alpha value is -3.00. The molecule has 0 spiro atoms. The number of benzene rings is 2. The quantitative estimate of drug-likeness (QED) is 0.469. The Labute approximate surface area is 157 Å². The van der Waals surface area contributed by atoms with Gasteiger partial charge in [0.05, 0.1) is 17.8 Å². The van der Waals surface area contributed by atoms with Crippen molar-refractivity contribution < 1.29 is 18.0 Å². The standard InChI is InChI=1S/C19H14F3N3OS/c20-19(21,22)17(26)11-15(13-7-3-1-4-8-13)24-25-18-23-16(12-27-18)14-9-5-2-6-10-14/h1-10,12H,11H2,(H,23,25)/b24-15-. The lowest BCUT2D eigenvalue weighted by molar-refractivity contribution is -0.169. The lowest BCUT2D eigenvalue weighted by atomic mass is 10.1. The molecule has 0 saturated carbocycles. The van der Waals surface area contributed by atoms with E-state index in [0.717, 1.165) is 11.3 Å². The first-order chi connectivity index (χ1) is 12.9. The minimum absolute atomic E-state index is 0.00520. The third-order valence-corrected chi connectivity index (χ3v) is 4.36. The maximum Gasteiger partial charge on any atom is 0.450 e. The van der Waals surface area contributed by atoms with Crippen LogP contribution in [-0.2, 0) is 4.79 Å². The summed E-state index contributed by atoms with van der Waals surface area (Å²) in [6.45, 7) is 0. The Morgan fingerprint density at radius 2 is 1.67 bits per heavy atom. The zero-order chi connectivity index (χ0) is 19.3. The number of alkyl halides is 3. The van der Waals surface area contributed by atoms with Crippen LogP contribution in [0.5, 0.6) is 0 Å². The van der Waals surface area contributed by atoms with Crippen LogP contribution in [-0.4, -0.2) is 22.7 Å². The normalized spacial score (nSPS) is 12.0. The molecule has 0 atom stereocenters. The van der Waals surface area contributed by atoms with Crippen LogP contribution in [0.1, 0.15) is 12.0 Å². The van der Waals surface area contributed by atoms with Crippen molar-refractivity contribution in [2.45, 2.75) is 12.6 Å². The molecular weight excluding hydrogens is 375 g/mol. The van der Waals surface area contributed by atoms with Crippen molar-refractivity contribution in [3.63, 3.8) is 0 Å².